The Balaban J connectivity index is 1.68. The van der Waals surface area contributed by atoms with Crippen molar-refractivity contribution >= 4 is 21.6 Å². The molecule has 25 heavy (non-hydrogen) atoms. The molecule has 132 valence electrons. The van der Waals surface area contributed by atoms with Crippen LogP contribution in [0.4, 0.5) is 5.69 Å². The lowest BCUT2D eigenvalue weighted by Crippen LogP contribution is -2.17. The van der Waals surface area contributed by atoms with Crippen molar-refractivity contribution < 1.29 is 22.7 Å². The van der Waals surface area contributed by atoms with Crippen molar-refractivity contribution in [2.24, 2.45) is 5.14 Å². The van der Waals surface area contributed by atoms with Crippen molar-refractivity contribution in [3.05, 3.63) is 48.2 Å². The molecule has 1 aromatic heterocycles. The molecule has 1 amide bonds. The van der Waals surface area contributed by atoms with Gasteiger partial charge >= 0.3 is 0 Å². The van der Waals surface area contributed by atoms with E-state index in [0.717, 1.165) is 6.42 Å². The van der Waals surface area contributed by atoms with Gasteiger partial charge in [0.25, 0.3) is 5.91 Å². The number of hydrogen-bond acceptors (Lipinski definition) is 6. The monoisotopic (exact) mass is 363 g/mol. The van der Waals surface area contributed by atoms with E-state index < -0.39 is 10.0 Å². The first-order valence-corrected chi connectivity index (χ1v) is 9.11. The van der Waals surface area contributed by atoms with Gasteiger partial charge in [0.1, 0.15) is 6.10 Å². The van der Waals surface area contributed by atoms with Gasteiger partial charge in [0.05, 0.1) is 18.1 Å². The van der Waals surface area contributed by atoms with Gasteiger partial charge in [0.15, 0.2) is 0 Å². The van der Waals surface area contributed by atoms with E-state index in [2.05, 4.69) is 10.3 Å². The molecule has 8 nitrogen and oxygen atoms in total. The van der Waals surface area contributed by atoms with Crippen LogP contribution in [0.5, 0.6) is 5.88 Å². The third kappa shape index (κ3) is 4.53. The Hall–Kier alpha value is -2.49. The minimum atomic E-state index is -3.77. The number of ether oxygens (including phenoxy) is 2. The largest absolute Gasteiger partial charge is 0.472 e. The van der Waals surface area contributed by atoms with E-state index in [0.29, 0.717) is 30.3 Å². The summed E-state index contributed by atoms with van der Waals surface area (Å²) in [5, 5.41) is 7.71. The molecule has 0 saturated carbocycles. The van der Waals surface area contributed by atoms with Crippen LogP contribution in [0, 0.1) is 0 Å². The van der Waals surface area contributed by atoms with E-state index in [4.69, 9.17) is 14.6 Å². The summed E-state index contributed by atoms with van der Waals surface area (Å²) in [4.78, 5) is 16.4. The number of benzene rings is 1. The van der Waals surface area contributed by atoms with Crippen LogP contribution in [0.1, 0.15) is 16.8 Å². The van der Waals surface area contributed by atoms with Crippen LogP contribution < -0.4 is 15.2 Å². The molecule has 1 aliphatic heterocycles. The van der Waals surface area contributed by atoms with Crippen molar-refractivity contribution in [3.63, 3.8) is 0 Å². The van der Waals surface area contributed by atoms with Crippen molar-refractivity contribution in [3.8, 4) is 5.88 Å². The molecule has 0 aliphatic carbocycles. The van der Waals surface area contributed by atoms with Crippen molar-refractivity contribution in [2.75, 3.05) is 18.5 Å². The number of sulfonamides is 1. The lowest BCUT2D eigenvalue weighted by molar-refractivity contribution is 0.102. The molecule has 2 heterocycles. The zero-order valence-electron chi connectivity index (χ0n) is 13.2. The average Bonchev–Trinajstić information content (AvgIpc) is 3.08. The third-order valence-electron chi connectivity index (χ3n) is 3.61. The van der Waals surface area contributed by atoms with E-state index in [1.807, 2.05) is 0 Å². The Morgan fingerprint density at radius 3 is 2.68 bits per heavy atom. The van der Waals surface area contributed by atoms with Gasteiger partial charge in [-0.15, -0.1) is 0 Å². The highest BCUT2D eigenvalue weighted by molar-refractivity contribution is 7.89. The molecule has 1 aliphatic rings. The van der Waals surface area contributed by atoms with Gasteiger partial charge in [-0.25, -0.2) is 18.5 Å². The van der Waals surface area contributed by atoms with Crippen molar-refractivity contribution in [1.82, 2.24) is 4.98 Å². The van der Waals surface area contributed by atoms with E-state index in [9.17, 15) is 13.2 Å². The molecule has 2 aromatic rings. The molecular weight excluding hydrogens is 346 g/mol. The summed E-state index contributed by atoms with van der Waals surface area (Å²) < 4.78 is 33.4. The number of nitrogens with zero attached hydrogens (tertiary/aromatic N) is 1. The van der Waals surface area contributed by atoms with E-state index in [1.165, 1.54) is 30.5 Å². The van der Waals surface area contributed by atoms with E-state index in [1.54, 1.807) is 12.1 Å². The van der Waals surface area contributed by atoms with Crippen LogP contribution >= 0.6 is 0 Å². The number of carbonyl (C=O) groups is 1. The molecule has 3 N–H and O–H groups in total. The first-order chi connectivity index (χ1) is 11.9. The highest BCUT2D eigenvalue weighted by atomic mass is 32.2. The Morgan fingerprint density at radius 2 is 2.04 bits per heavy atom. The quantitative estimate of drug-likeness (QED) is 0.822. The third-order valence-corrected chi connectivity index (χ3v) is 4.54. The molecule has 1 saturated heterocycles. The van der Waals surface area contributed by atoms with Gasteiger partial charge in [-0.05, 0) is 30.3 Å². The number of hydrogen-bond donors (Lipinski definition) is 2. The fraction of sp³-hybridized carbons (Fsp3) is 0.250. The fourth-order valence-electron chi connectivity index (χ4n) is 2.32. The van der Waals surface area contributed by atoms with E-state index in [-0.39, 0.29) is 16.9 Å². The van der Waals surface area contributed by atoms with Gasteiger partial charge in [-0.1, -0.05) is 0 Å². The number of aromatic nitrogens is 1. The van der Waals surface area contributed by atoms with Gasteiger partial charge < -0.3 is 14.8 Å². The first kappa shape index (κ1) is 17.3. The maximum absolute atomic E-state index is 12.3. The van der Waals surface area contributed by atoms with Crippen LogP contribution in [-0.4, -0.2) is 38.6 Å². The number of amides is 1. The summed E-state index contributed by atoms with van der Waals surface area (Å²) in [6, 6.07) is 8.69. The summed E-state index contributed by atoms with van der Waals surface area (Å²) in [5.74, 6) is -0.00833. The lowest BCUT2D eigenvalue weighted by atomic mass is 10.2. The smallest absolute Gasteiger partial charge is 0.255 e. The SMILES string of the molecule is NS(=O)(=O)c1ccc(NC(=O)c2ccnc(OC3CCOC3)c2)cc1. The zero-order chi connectivity index (χ0) is 17.9. The second-order valence-electron chi connectivity index (χ2n) is 5.51. The van der Waals surface area contributed by atoms with Gasteiger partial charge in [0.2, 0.25) is 15.9 Å². The highest BCUT2D eigenvalue weighted by Crippen LogP contribution is 2.18. The molecule has 1 aromatic carbocycles. The molecule has 3 rings (SSSR count). The molecule has 1 atom stereocenters. The number of pyridine rings is 1. The molecule has 0 radical (unpaired) electrons. The normalized spacial score (nSPS) is 17.2. The highest BCUT2D eigenvalue weighted by Gasteiger charge is 2.18. The molecule has 0 spiro atoms. The summed E-state index contributed by atoms with van der Waals surface area (Å²) in [5.41, 5.74) is 0.820. The maximum Gasteiger partial charge on any atom is 0.255 e. The van der Waals surface area contributed by atoms with Crippen molar-refractivity contribution in [1.29, 1.82) is 0 Å². The van der Waals surface area contributed by atoms with Crippen LogP contribution in [0.2, 0.25) is 0 Å². The first-order valence-electron chi connectivity index (χ1n) is 7.56. The fourth-order valence-corrected chi connectivity index (χ4v) is 2.84. The summed E-state index contributed by atoms with van der Waals surface area (Å²) in [7, 11) is -3.77. The Kier molecular flexibility index (Phi) is 4.98. The molecule has 0 bridgehead atoms. The zero-order valence-corrected chi connectivity index (χ0v) is 14.0. The minimum absolute atomic E-state index is 0.0242. The van der Waals surface area contributed by atoms with Gasteiger partial charge in [-0.3, -0.25) is 4.79 Å². The Bertz CT molecular complexity index is 862. The summed E-state index contributed by atoms with van der Waals surface area (Å²) >= 11 is 0. The summed E-state index contributed by atoms with van der Waals surface area (Å²) in [6.07, 6.45) is 2.22. The Labute approximate surface area is 145 Å². The number of primary sulfonamides is 1. The predicted octanol–water partition coefficient (Wildman–Crippen LogP) is 1.15. The molecule has 9 heteroatoms. The second-order valence-corrected chi connectivity index (χ2v) is 7.07. The number of nitrogens with one attached hydrogen (secondary N) is 1. The number of carbonyl (C=O) groups excluding carboxylic acids is 1. The molecule has 1 fully saturated rings. The maximum atomic E-state index is 12.3. The van der Waals surface area contributed by atoms with Gasteiger partial charge in [0, 0.05) is 29.9 Å². The average molecular weight is 363 g/mol. The van der Waals surface area contributed by atoms with Gasteiger partial charge in [-0.2, -0.15) is 0 Å². The van der Waals surface area contributed by atoms with Crippen molar-refractivity contribution in [2.45, 2.75) is 17.4 Å². The molecular formula is C16H17N3O5S. The Morgan fingerprint density at radius 1 is 1.28 bits per heavy atom. The van der Waals surface area contributed by atoms with Crippen LogP contribution in [0.25, 0.3) is 0 Å². The lowest BCUT2D eigenvalue weighted by Gasteiger charge is -2.11. The second kappa shape index (κ2) is 7.18. The van der Waals surface area contributed by atoms with Crippen LogP contribution in [0.15, 0.2) is 47.5 Å². The number of rotatable bonds is 5. The minimum Gasteiger partial charge on any atom is -0.472 e. The number of anilines is 1. The topological polar surface area (TPSA) is 121 Å². The summed E-state index contributed by atoms with van der Waals surface area (Å²) in [6.45, 7) is 1.16. The van der Waals surface area contributed by atoms with E-state index >= 15 is 0 Å². The van der Waals surface area contributed by atoms with Crippen LogP contribution in [0.3, 0.4) is 0 Å². The standard InChI is InChI=1S/C16H17N3O5S/c17-25(21,22)14-3-1-12(2-4-14)19-16(20)11-5-7-18-15(9-11)24-13-6-8-23-10-13/h1-5,7,9,13H,6,8,10H2,(H,19,20)(H2,17,21,22). The number of nitrogens with two attached hydrogens (primary N) is 1. The van der Waals surface area contributed by atoms with Crippen LogP contribution in [-0.2, 0) is 14.8 Å². The molecule has 1 unspecified atom stereocenters. The predicted molar refractivity (Wildman–Crippen MR) is 89.9 cm³/mol.